The molecular formula is C116H110BBrF3N6NaO9P4Pd. The van der Waals surface area contributed by atoms with E-state index >= 15 is 0 Å². The van der Waals surface area contributed by atoms with Crippen LogP contribution < -0.4 is 98.8 Å². The van der Waals surface area contributed by atoms with Crippen LogP contribution in [0.1, 0.15) is 79.5 Å². The van der Waals surface area contributed by atoms with Crippen molar-refractivity contribution in [3.8, 4) is 22.5 Å². The number of hydrogen-bond donors (Lipinski definition) is 1. The summed E-state index contributed by atoms with van der Waals surface area (Å²) in [5.41, 5.74) is 2.84. The average Bonchev–Trinajstić information content (AvgIpc) is 1.61. The largest absolute Gasteiger partial charge is 1.00 e. The van der Waals surface area contributed by atoms with Crippen molar-refractivity contribution in [2.24, 2.45) is 0 Å². The van der Waals surface area contributed by atoms with Crippen LogP contribution in [-0.2, 0) is 58.8 Å². The SMILES string of the molecule is CCn1nccc1-c1ccc(C(=O)O)c(F)c1.CCn1nccc1-c1ccc(C(=O)OC)c(F)c1.CCn1nccc1B1OC(C)(C)C(C)(C)O1.COC(=O)c1ccc(Br)cc1F.[Na+].[OH-].[Pd].c1ccc(P(c2ccccc2)c2ccccc2)cc1.c1ccc(P(c2ccccc2)c2ccccc2)cc1.c1ccc(P(c2ccccc2)c2ccccc2)cc1.c1ccc(P(c2ccccc2)c2ccccc2)cc1. The van der Waals surface area contributed by atoms with Gasteiger partial charge >= 0.3 is 54.6 Å². The van der Waals surface area contributed by atoms with Crippen LogP contribution in [0.4, 0.5) is 13.2 Å². The first-order valence-corrected chi connectivity index (χ1v) is 51.5. The van der Waals surface area contributed by atoms with Gasteiger partial charge in [0, 0.05) is 74.2 Å². The summed E-state index contributed by atoms with van der Waals surface area (Å²) in [4.78, 5) is 32.8. The third kappa shape index (κ3) is 32.0. The number of halogens is 4. The Kier molecular flexibility index (Phi) is 46.8. The number of benzene rings is 15. The topological polar surface area (TPSA) is 192 Å². The summed E-state index contributed by atoms with van der Waals surface area (Å²) in [7, 11) is 0.340. The molecule has 1 aliphatic rings. The van der Waals surface area contributed by atoms with Gasteiger partial charge in [-0.1, -0.05) is 392 Å². The van der Waals surface area contributed by atoms with E-state index in [-0.39, 0.29) is 90.5 Å². The number of carboxylic acid groups (broad SMARTS) is 1. The van der Waals surface area contributed by atoms with Crippen LogP contribution in [-0.4, -0.2) is 90.4 Å². The van der Waals surface area contributed by atoms with Crippen LogP contribution >= 0.6 is 47.6 Å². The van der Waals surface area contributed by atoms with E-state index in [2.05, 4.69) is 439 Å². The van der Waals surface area contributed by atoms with Crippen LogP contribution in [0, 0.1) is 17.5 Å². The zero-order valence-electron chi connectivity index (χ0n) is 80.6. The molecule has 0 aliphatic carbocycles. The normalized spacial score (nSPS) is 11.6. The number of carbonyl (C=O) groups excluding carboxylic acids is 2. The van der Waals surface area contributed by atoms with E-state index in [1.807, 2.05) is 24.6 Å². The van der Waals surface area contributed by atoms with Gasteiger partial charge in [-0.15, -0.1) is 0 Å². The summed E-state index contributed by atoms with van der Waals surface area (Å²) < 4.78 is 67.0. The molecule has 19 rings (SSSR count). The number of aryl methyl sites for hydroxylation is 3. The first kappa shape index (κ1) is 114. The summed E-state index contributed by atoms with van der Waals surface area (Å²) in [6.07, 6.45) is 5.07. The van der Waals surface area contributed by atoms with Crippen LogP contribution in [0.2, 0.25) is 0 Å². The molecule has 142 heavy (non-hydrogen) atoms. The Balaban J connectivity index is 0.000000181. The second-order valence-electron chi connectivity index (χ2n) is 31.9. The fraction of sp³-hybridized carbons (Fsp3) is 0.121. The van der Waals surface area contributed by atoms with Crippen LogP contribution in [0.25, 0.3) is 22.5 Å². The predicted octanol–water partition coefficient (Wildman–Crippen LogP) is 19.1. The van der Waals surface area contributed by atoms with Gasteiger partial charge in [0.15, 0.2) is 0 Å². The molecule has 0 radical (unpaired) electrons. The van der Waals surface area contributed by atoms with Gasteiger partial charge in [0.25, 0.3) is 0 Å². The van der Waals surface area contributed by atoms with Gasteiger partial charge in [0.2, 0.25) is 0 Å². The molecule has 0 unspecified atom stereocenters. The number of aromatic nitrogens is 6. The molecule has 26 heteroatoms. The van der Waals surface area contributed by atoms with Crippen molar-refractivity contribution in [1.29, 1.82) is 0 Å². The number of ether oxygens (including phenoxy) is 2. The van der Waals surface area contributed by atoms with Gasteiger partial charge in [-0.3, -0.25) is 14.0 Å². The second-order valence-corrected chi connectivity index (χ2v) is 41.7. The van der Waals surface area contributed by atoms with Gasteiger partial charge in [-0.05, 0) is 204 Å². The minimum atomic E-state index is -1.27. The van der Waals surface area contributed by atoms with Crippen molar-refractivity contribution in [2.75, 3.05) is 14.2 Å². The molecule has 0 spiro atoms. The third-order valence-corrected chi connectivity index (χ3v) is 32.5. The standard InChI is InChI=1S/4C18H15P.C13H13FN2O2.C12H11FN2O2.C11H19BN2O2.C8H6BrFO2.Na.H2O.Pd/c4*1-4-10-16(11-5-1)19(17-12-6-2-7-13-17)18-14-8-3-9-15-18;1-3-16-12(6-7-15-16)9-4-5-10(11(14)8-9)13(17)18-2;1-2-15-11(5-6-14-15)8-3-4-9(12(16)17)10(13)7-8;1-6-14-9(7-8-13-14)12-15-10(2,3)11(4,5)16-12;1-12-8(11)6-3-2-5(9)4-7(6)10;;;/h4*1-15H;4-8H,3H2,1-2H3;3-7H,2H2,1H3,(H,16,17);7-8H,6H2,1-5H3;2-4H,1H3;;1H2;/q;;;;;;;;+1;;/p-1. The molecule has 720 valence electrons. The average molecular weight is 2130 g/mol. The van der Waals surface area contributed by atoms with Crippen molar-refractivity contribution in [3.63, 3.8) is 0 Å². The molecule has 1 aliphatic heterocycles. The van der Waals surface area contributed by atoms with Crippen molar-refractivity contribution in [2.45, 2.75) is 79.3 Å². The number of methoxy groups -OCH3 is 2. The van der Waals surface area contributed by atoms with E-state index in [9.17, 15) is 27.6 Å². The number of esters is 2. The second kappa shape index (κ2) is 58.5. The van der Waals surface area contributed by atoms with E-state index in [1.165, 1.54) is 114 Å². The molecule has 2 N–H and O–H groups in total. The van der Waals surface area contributed by atoms with E-state index < -0.39 is 67.0 Å². The molecule has 4 heterocycles. The minimum absolute atomic E-state index is 0. The summed E-state index contributed by atoms with van der Waals surface area (Å²) in [5.74, 6) is -4.53. The Bertz CT molecular complexity index is 5930. The number of carboxylic acids is 1. The molecule has 15 nitrogen and oxygen atoms in total. The maximum absolute atomic E-state index is 13.8. The summed E-state index contributed by atoms with van der Waals surface area (Å²) >= 11 is 3.08. The number of nitrogens with zero attached hydrogens (tertiary/aromatic N) is 6. The van der Waals surface area contributed by atoms with Crippen molar-refractivity contribution >= 4 is 142 Å². The van der Waals surface area contributed by atoms with Gasteiger partial charge in [0.05, 0.1) is 59.1 Å². The Morgan fingerprint density at radius 1 is 0.331 bits per heavy atom. The van der Waals surface area contributed by atoms with Crippen molar-refractivity contribution in [3.05, 3.63) is 494 Å². The van der Waals surface area contributed by atoms with E-state index in [1.54, 1.807) is 58.3 Å². The fourth-order valence-corrected chi connectivity index (χ4v) is 24.3. The van der Waals surface area contributed by atoms with Gasteiger partial charge in [-0.25, -0.2) is 27.6 Å². The minimum Gasteiger partial charge on any atom is -0.870 e. The molecule has 1 fully saturated rings. The zero-order valence-corrected chi connectivity index (χ0v) is 89.3. The van der Waals surface area contributed by atoms with Gasteiger partial charge in [0.1, 0.15) is 17.5 Å². The van der Waals surface area contributed by atoms with E-state index in [4.69, 9.17) is 14.4 Å². The smallest absolute Gasteiger partial charge is 0.870 e. The molecule has 0 saturated carbocycles. The van der Waals surface area contributed by atoms with Crippen LogP contribution in [0.5, 0.6) is 0 Å². The molecule has 3 aromatic heterocycles. The maximum Gasteiger partial charge on any atom is 1.00 e. The Hall–Kier alpha value is -12.1. The summed E-state index contributed by atoms with van der Waals surface area (Å²) in [5, 5.41) is 37.9. The fourth-order valence-electron chi connectivity index (χ4n) is 14.7. The zero-order chi connectivity index (χ0) is 98.3. The number of hydrogen-bond acceptors (Lipinski definition) is 11. The summed E-state index contributed by atoms with van der Waals surface area (Å²) in [6.45, 7) is 16.4. The molecule has 0 bridgehead atoms. The molecule has 0 atom stereocenters. The summed E-state index contributed by atoms with van der Waals surface area (Å²) in [6, 6.07) is 147. The molecule has 18 aromatic rings. The van der Waals surface area contributed by atoms with E-state index in [0.717, 1.165) is 23.5 Å². The molecule has 1 saturated heterocycles. The molecule has 15 aromatic carbocycles. The number of carbonyl (C=O) groups is 3. The molecular weight excluding hydrogens is 2020 g/mol. The van der Waals surface area contributed by atoms with Gasteiger partial charge in [-0.2, -0.15) is 15.3 Å². The van der Waals surface area contributed by atoms with Gasteiger partial charge < -0.3 is 29.4 Å². The Morgan fingerprint density at radius 2 is 0.542 bits per heavy atom. The number of rotatable bonds is 21. The van der Waals surface area contributed by atoms with Crippen LogP contribution in [0.3, 0.4) is 0 Å². The monoisotopic (exact) mass is 2130 g/mol. The first-order valence-electron chi connectivity index (χ1n) is 45.3. The van der Waals surface area contributed by atoms with Crippen molar-refractivity contribution in [1.82, 2.24) is 29.3 Å². The Morgan fingerprint density at radius 3 is 0.754 bits per heavy atom. The molecule has 0 amide bonds. The van der Waals surface area contributed by atoms with Crippen molar-refractivity contribution < 1.29 is 107 Å². The van der Waals surface area contributed by atoms with Crippen LogP contribution in [0.15, 0.2) is 460 Å². The third-order valence-electron chi connectivity index (χ3n) is 22.3. The van der Waals surface area contributed by atoms with E-state index in [0.29, 0.717) is 28.7 Å². The quantitative estimate of drug-likeness (QED) is 0.0407. The predicted molar refractivity (Wildman–Crippen MR) is 576 cm³/mol. The number of aromatic carboxylic acids is 1. The maximum atomic E-state index is 13.8. The first-order chi connectivity index (χ1) is 67.6. The Labute approximate surface area is 880 Å².